The van der Waals surface area contributed by atoms with Crippen LogP contribution in [0.15, 0.2) is 48.5 Å². The van der Waals surface area contributed by atoms with Crippen molar-refractivity contribution >= 4 is 23.2 Å². The van der Waals surface area contributed by atoms with Crippen LogP contribution in [0, 0.1) is 5.92 Å². The lowest BCUT2D eigenvalue weighted by Gasteiger charge is -2.10. The Labute approximate surface area is 182 Å². The molecule has 0 radical (unpaired) electrons. The van der Waals surface area contributed by atoms with Crippen molar-refractivity contribution in [1.29, 1.82) is 0 Å². The van der Waals surface area contributed by atoms with Gasteiger partial charge in [0.25, 0.3) is 0 Å². The number of anilines is 1. The van der Waals surface area contributed by atoms with E-state index in [1.54, 1.807) is 24.3 Å². The maximum Gasteiger partial charge on any atom is 0.416 e. The van der Waals surface area contributed by atoms with Crippen LogP contribution >= 0.6 is 11.6 Å². The van der Waals surface area contributed by atoms with Gasteiger partial charge in [-0.1, -0.05) is 26.0 Å². The van der Waals surface area contributed by atoms with E-state index < -0.39 is 11.7 Å². The zero-order chi connectivity index (χ0) is 22.6. The molecule has 1 N–H and O–H groups in total. The Morgan fingerprint density at radius 3 is 2.52 bits per heavy atom. The molecule has 0 unspecified atom stereocenters. The van der Waals surface area contributed by atoms with Crippen molar-refractivity contribution in [3.05, 3.63) is 54.1 Å². The number of ether oxygens (including phenoxy) is 1. The highest BCUT2D eigenvalue weighted by Crippen LogP contribution is 2.33. The van der Waals surface area contributed by atoms with Gasteiger partial charge in [0.2, 0.25) is 5.91 Å². The largest absolute Gasteiger partial charge is 0.462 e. The molecule has 0 aliphatic heterocycles. The van der Waals surface area contributed by atoms with Gasteiger partial charge in [0, 0.05) is 11.3 Å². The quantitative estimate of drug-likeness (QED) is 0.502. The van der Waals surface area contributed by atoms with Gasteiger partial charge in [-0.15, -0.1) is 16.7 Å². The summed E-state index contributed by atoms with van der Waals surface area (Å²) >= 11 is 5.49. The number of amides is 1. The summed E-state index contributed by atoms with van der Waals surface area (Å²) in [5.74, 6) is -0.124. The molecular weight excluding hydrogens is 433 g/mol. The van der Waals surface area contributed by atoms with Crippen LogP contribution in [0.4, 0.5) is 18.9 Å². The average Bonchev–Trinajstić information content (AvgIpc) is 3.16. The molecule has 0 fully saturated rings. The molecule has 2 aromatic carbocycles. The minimum atomic E-state index is -4.49. The molecule has 0 spiro atoms. The number of halogens is 4. The van der Waals surface area contributed by atoms with E-state index in [0.29, 0.717) is 18.0 Å². The predicted octanol–water partition coefficient (Wildman–Crippen LogP) is 5.17. The molecular formula is C21H20ClF3N4O2. The Kier molecular flexibility index (Phi) is 6.84. The van der Waals surface area contributed by atoms with Gasteiger partial charge in [-0.25, -0.2) is 4.68 Å². The lowest BCUT2D eigenvalue weighted by molar-refractivity contribution is -0.137. The summed E-state index contributed by atoms with van der Waals surface area (Å²) in [4.78, 5) is 15.8. The molecule has 0 atom stereocenters. The Bertz CT molecular complexity index is 1050. The van der Waals surface area contributed by atoms with Crippen molar-refractivity contribution in [2.45, 2.75) is 20.0 Å². The number of nitrogens with one attached hydrogen (secondary N) is 1. The topological polar surface area (TPSA) is 69.0 Å². The van der Waals surface area contributed by atoms with E-state index in [9.17, 15) is 18.0 Å². The van der Waals surface area contributed by atoms with Crippen LogP contribution < -0.4 is 10.1 Å². The monoisotopic (exact) mass is 452 g/mol. The second-order valence-corrected chi connectivity index (χ2v) is 7.41. The van der Waals surface area contributed by atoms with Gasteiger partial charge in [0.05, 0.1) is 17.9 Å². The van der Waals surface area contributed by atoms with Gasteiger partial charge in [-0.05, 0) is 42.3 Å². The Morgan fingerprint density at radius 1 is 1.19 bits per heavy atom. The third kappa shape index (κ3) is 5.75. The number of alkyl halides is 4. The minimum Gasteiger partial charge on any atom is -0.462 e. The van der Waals surface area contributed by atoms with Crippen molar-refractivity contribution < 1.29 is 22.7 Å². The van der Waals surface area contributed by atoms with E-state index in [-0.39, 0.29) is 35.1 Å². The van der Waals surface area contributed by atoms with Crippen molar-refractivity contribution in [2.24, 2.45) is 5.92 Å². The summed E-state index contributed by atoms with van der Waals surface area (Å²) < 4.78 is 46.5. The van der Waals surface area contributed by atoms with Crippen LogP contribution in [0.5, 0.6) is 6.01 Å². The number of aromatic nitrogens is 3. The fourth-order valence-corrected chi connectivity index (χ4v) is 2.74. The number of carbonyl (C=O) groups is 1. The molecule has 1 heterocycles. The third-order valence-corrected chi connectivity index (χ3v) is 4.34. The van der Waals surface area contributed by atoms with Crippen LogP contribution in [0.2, 0.25) is 0 Å². The molecule has 164 valence electrons. The van der Waals surface area contributed by atoms with E-state index >= 15 is 0 Å². The summed E-state index contributed by atoms with van der Waals surface area (Å²) in [5, 5.41) is 6.93. The smallest absolute Gasteiger partial charge is 0.416 e. The first-order valence-corrected chi connectivity index (χ1v) is 9.94. The summed E-state index contributed by atoms with van der Waals surface area (Å²) in [6, 6.07) is 11.5. The van der Waals surface area contributed by atoms with Gasteiger partial charge in [-0.3, -0.25) is 4.79 Å². The Hall–Kier alpha value is -3.07. The van der Waals surface area contributed by atoms with E-state index in [1.807, 2.05) is 13.8 Å². The average molecular weight is 453 g/mol. The Morgan fingerprint density at radius 2 is 1.90 bits per heavy atom. The van der Waals surface area contributed by atoms with Crippen LogP contribution in [0.1, 0.15) is 19.4 Å². The van der Waals surface area contributed by atoms with Gasteiger partial charge in [-0.2, -0.15) is 18.2 Å². The van der Waals surface area contributed by atoms with Gasteiger partial charge in [0.1, 0.15) is 5.88 Å². The molecule has 3 aromatic rings. The van der Waals surface area contributed by atoms with E-state index in [4.69, 9.17) is 16.3 Å². The molecule has 0 aliphatic carbocycles. The standard InChI is InChI=1S/C21H20ClF3N4O2/c1-13(2)12-31-20-27-19(14-4-3-5-15(10-14)21(23,24)25)29(28-20)17-8-6-16(7-9-17)26-18(30)11-22/h3-10,13H,11-12H2,1-2H3,(H,26,30). The molecule has 31 heavy (non-hydrogen) atoms. The number of hydrogen-bond acceptors (Lipinski definition) is 4. The first-order chi connectivity index (χ1) is 14.7. The minimum absolute atomic E-state index is 0.0561. The fraction of sp³-hybridized carbons (Fsp3) is 0.286. The molecule has 3 rings (SSSR count). The molecule has 0 bridgehead atoms. The molecule has 10 heteroatoms. The van der Waals surface area contributed by atoms with Crippen LogP contribution in [0.3, 0.4) is 0 Å². The second-order valence-electron chi connectivity index (χ2n) is 7.14. The lowest BCUT2D eigenvalue weighted by Crippen LogP contribution is -2.12. The molecule has 6 nitrogen and oxygen atoms in total. The molecule has 0 saturated carbocycles. The van der Waals surface area contributed by atoms with Crippen LogP contribution in [0.25, 0.3) is 17.1 Å². The van der Waals surface area contributed by atoms with Crippen molar-refractivity contribution in [1.82, 2.24) is 14.8 Å². The van der Waals surface area contributed by atoms with E-state index in [1.165, 1.54) is 16.8 Å². The first kappa shape index (κ1) is 22.6. The summed E-state index contributed by atoms with van der Waals surface area (Å²) in [6.07, 6.45) is -4.49. The zero-order valence-corrected chi connectivity index (χ0v) is 17.5. The van der Waals surface area contributed by atoms with Crippen LogP contribution in [-0.4, -0.2) is 33.2 Å². The predicted molar refractivity (Wildman–Crippen MR) is 111 cm³/mol. The molecule has 0 aliphatic rings. The second kappa shape index (κ2) is 9.38. The van der Waals surface area contributed by atoms with Crippen LogP contribution in [-0.2, 0) is 11.0 Å². The highest BCUT2D eigenvalue weighted by molar-refractivity contribution is 6.29. The van der Waals surface area contributed by atoms with Crippen molar-refractivity contribution in [2.75, 3.05) is 17.8 Å². The summed E-state index contributed by atoms with van der Waals surface area (Å²) in [7, 11) is 0. The number of hydrogen-bond donors (Lipinski definition) is 1. The first-order valence-electron chi connectivity index (χ1n) is 9.41. The summed E-state index contributed by atoms with van der Waals surface area (Å²) in [6.45, 7) is 4.27. The van der Waals surface area contributed by atoms with Crippen molar-refractivity contribution in [3.63, 3.8) is 0 Å². The highest BCUT2D eigenvalue weighted by Gasteiger charge is 2.31. The van der Waals surface area contributed by atoms with E-state index in [0.717, 1.165) is 12.1 Å². The fourth-order valence-electron chi connectivity index (χ4n) is 2.68. The third-order valence-electron chi connectivity index (χ3n) is 4.10. The maximum atomic E-state index is 13.2. The maximum absolute atomic E-state index is 13.2. The Balaban J connectivity index is 2.02. The van der Waals surface area contributed by atoms with Gasteiger partial charge >= 0.3 is 12.2 Å². The van der Waals surface area contributed by atoms with Gasteiger partial charge in [0.15, 0.2) is 5.82 Å². The van der Waals surface area contributed by atoms with Crippen molar-refractivity contribution in [3.8, 4) is 23.1 Å². The zero-order valence-electron chi connectivity index (χ0n) is 16.8. The normalized spacial score (nSPS) is 11.6. The molecule has 1 amide bonds. The molecule has 0 saturated heterocycles. The number of rotatable bonds is 7. The van der Waals surface area contributed by atoms with E-state index in [2.05, 4.69) is 15.4 Å². The lowest BCUT2D eigenvalue weighted by atomic mass is 10.1. The van der Waals surface area contributed by atoms with Gasteiger partial charge < -0.3 is 10.1 Å². The number of carbonyl (C=O) groups excluding carboxylic acids is 1. The summed E-state index contributed by atoms with van der Waals surface area (Å²) in [5.41, 5.74) is 0.499. The number of nitrogens with zero attached hydrogens (tertiary/aromatic N) is 3. The molecule has 1 aromatic heterocycles. The highest BCUT2D eigenvalue weighted by atomic mass is 35.5. The number of benzene rings is 2. The SMILES string of the molecule is CC(C)COc1nc(-c2cccc(C(F)(F)F)c2)n(-c2ccc(NC(=O)CCl)cc2)n1.